The van der Waals surface area contributed by atoms with Crippen LogP contribution in [0.3, 0.4) is 0 Å². The number of nitrogens with one attached hydrogen (secondary N) is 1. The van der Waals surface area contributed by atoms with Crippen molar-refractivity contribution in [2.75, 3.05) is 11.9 Å². The first kappa shape index (κ1) is 21.9. The van der Waals surface area contributed by atoms with E-state index in [2.05, 4.69) is 10.4 Å². The number of fused-ring (bicyclic) bond motifs is 1. The molecule has 0 aliphatic carbocycles. The topological polar surface area (TPSA) is 90.3 Å². The Balaban J connectivity index is 1.85. The summed E-state index contributed by atoms with van der Waals surface area (Å²) in [6.07, 6.45) is 0.207. The number of anilines is 1. The van der Waals surface area contributed by atoms with Crippen molar-refractivity contribution in [2.24, 2.45) is 0 Å². The first-order valence-electron chi connectivity index (χ1n) is 10.0. The molecule has 0 spiro atoms. The van der Waals surface area contributed by atoms with Gasteiger partial charge in [0.05, 0.1) is 24.1 Å². The van der Waals surface area contributed by atoms with E-state index in [1.165, 1.54) is 27.4 Å². The number of hydrogen-bond donors (Lipinski definition) is 1. The highest BCUT2D eigenvalue weighted by atomic mass is 32.1. The molecule has 1 aromatic carbocycles. The van der Waals surface area contributed by atoms with Gasteiger partial charge in [0.25, 0.3) is 5.56 Å². The van der Waals surface area contributed by atoms with Crippen molar-refractivity contribution < 1.29 is 14.3 Å². The Morgan fingerprint density at radius 2 is 1.97 bits per heavy atom. The zero-order chi connectivity index (χ0) is 22.8. The number of hydrogen-bond acceptors (Lipinski definition) is 7. The molecule has 4 aromatic rings. The van der Waals surface area contributed by atoms with E-state index in [0.717, 1.165) is 16.0 Å². The third-order valence-electron chi connectivity index (χ3n) is 5.02. The fraction of sp³-hybridized carbons (Fsp3) is 0.217. The number of ether oxygens (including phenoxy) is 1. The van der Waals surface area contributed by atoms with Crippen LogP contribution in [0.5, 0.6) is 0 Å². The summed E-state index contributed by atoms with van der Waals surface area (Å²) >= 11 is 2.68. The Morgan fingerprint density at radius 3 is 2.66 bits per heavy atom. The summed E-state index contributed by atoms with van der Waals surface area (Å²) in [5.41, 5.74) is 2.22. The Bertz CT molecular complexity index is 1370. The van der Waals surface area contributed by atoms with Crippen LogP contribution in [0, 0.1) is 13.8 Å². The first-order valence-corrected chi connectivity index (χ1v) is 11.8. The van der Waals surface area contributed by atoms with Crippen LogP contribution in [0.25, 0.3) is 16.5 Å². The van der Waals surface area contributed by atoms with Crippen molar-refractivity contribution in [1.29, 1.82) is 0 Å². The zero-order valence-corrected chi connectivity index (χ0v) is 19.4. The van der Waals surface area contributed by atoms with Crippen molar-refractivity contribution in [3.05, 3.63) is 73.1 Å². The number of carbonyl (C=O) groups is 2. The molecule has 0 aliphatic rings. The average Bonchev–Trinajstić information content (AvgIpc) is 3.41. The second-order valence-electron chi connectivity index (χ2n) is 7.21. The van der Waals surface area contributed by atoms with Gasteiger partial charge in [-0.25, -0.2) is 4.79 Å². The average molecular weight is 468 g/mol. The maximum Gasteiger partial charge on any atom is 0.359 e. The number of nitrogens with zero attached hydrogens (tertiary/aromatic N) is 2. The van der Waals surface area contributed by atoms with Gasteiger partial charge in [-0.3, -0.25) is 9.59 Å². The lowest BCUT2D eigenvalue weighted by molar-refractivity contribution is -0.115. The van der Waals surface area contributed by atoms with E-state index in [4.69, 9.17) is 4.74 Å². The molecule has 7 nitrogen and oxygen atoms in total. The lowest BCUT2D eigenvalue weighted by Crippen LogP contribution is -2.26. The Morgan fingerprint density at radius 1 is 1.16 bits per heavy atom. The van der Waals surface area contributed by atoms with E-state index in [0.29, 0.717) is 16.1 Å². The summed E-state index contributed by atoms with van der Waals surface area (Å²) in [4.78, 5) is 39.6. The largest absolute Gasteiger partial charge is 0.461 e. The minimum atomic E-state index is -0.621. The normalized spacial score (nSPS) is 11.0. The summed E-state index contributed by atoms with van der Waals surface area (Å²) in [5.74, 6) is -0.854. The van der Waals surface area contributed by atoms with Gasteiger partial charge in [0.15, 0.2) is 5.69 Å². The number of aromatic nitrogens is 2. The SMILES string of the molecule is CCOC(=O)c1nn(-c2ccc(C)c(C)c2)c(=O)c2c(NC(=O)Cc3cccs3)scc12. The summed E-state index contributed by atoms with van der Waals surface area (Å²) in [6, 6.07) is 9.27. The number of thiophene rings is 2. The van der Waals surface area contributed by atoms with Crippen molar-refractivity contribution in [2.45, 2.75) is 27.2 Å². The molecule has 0 atom stereocenters. The highest BCUT2D eigenvalue weighted by Crippen LogP contribution is 2.31. The molecule has 0 saturated carbocycles. The first-order chi connectivity index (χ1) is 15.4. The van der Waals surface area contributed by atoms with Gasteiger partial charge in [0.2, 0.25) is 5.91 Å². The predicted molar refractivity (Wildman–Crippen MR) is 127 cm³/mol. The van der Waals surface area contributed by atoms with E-state index in [9.17, 15) is 14.4 Å². The summed E-state index contributed by atoms with van der Waals surface area (Å²) in [5, 5.41) is 11.7. The van der Waals surface area contributed by atoms with Crippen LogP contribution in [0.15, 0.2) is 45.9 Å². The minimum Gasteiger partial charge on any atom is -0.461 e. The lowest BCUT2D eigenvalue weighted by atomic mass is 10.1. The molecule has 0 aliphatic heterocycles. The molecule has 0 fully saturated rings. The van der Waals surface area contributed by atoms with Gasteiger partial charge in [0.1, 0.15) is 5.00 Å². The molecule has 0 unspecified atom stereocenters. The quantitative estimate of drug-likeness (QED) is 0.422. The Hall–Kier alpha value is -3.30. The van der Waals surface area contributed by atoms with E-state index in [-0.39, 0.29) is 30.0 Å². The van der Waals surface area contributed by atoms with Crippen molar-refractivity contribution in [3.8, 4) is 5.69 Å². The van der Waals surface area contributed by atoms with Gasteiger partial charge in [0, 0.05) is 15.6 Å². The molecule has 3 heterocycles. The molecule has 4 rings (SSSR count). The molecule has 0 saturated heterocycles. The molecule has 1 N–H and O–H groups in total. The smallest absolute Gasteiger partial charge is 0.359 e. The standard InChI is InChI=1S/C23H21N3O4S2/c1-4-30-23(29)20-17-12-32-21(24-18(27)11-16-6-5-9-31-16)19(17)22(28)26(25-20)15-8-7-13(2)14(3)10-15/h5-10,12H,4,11H2,1-3H3,(H,24,27). The second kappa shape index (κ2) is 9.05. The molecule has 1 amide bonds. The van der Waals surface area contributed by atoms with Gasteiger partial charge >= 0.3 is 5.97 Å². The van der Waals surface area contributed by atoms with Crippen LogP contribution in [0.1, 0.15) is 33.4 Å². The summed E-state index contributed by atoms with van der Waals surface area (Å²) in [6.45, 7) is 5.80. The number of amides is 1. The monoisotopic (exact) mass is 467 g/mol. The lowest BCUT2D eigenvalue weighted by Gasteiger charge is -2.11. The maximum absolute atomic E-state index is 13.4. The fourth-order valence-electron chi connectivity index (χ4n) is 3.27. The molecule has 3 aromatic heterocycles. The van der Waals surface area contributed by atoms with Crippen LogP contribution in [0.2, 0.25) is 0 Å². The van der Waals surface area contributed by atoms with Gasteiger partial charge in [-0.05, 0) is 55.5 Å². The number of aryl methyl sites for hydroxylation is 2. The van der Waals surface area contributed by atoms with Crippen molar-refractivity contribution in [1.82, 2.24) is 9.78 Å². The molecule has 9 heteroatoms. The molecule has 0 radical (unpaired) electrons. The van der Waals surface area contributed by atoms with Gasteiger partial charge in [-0.1, -0.05) is 12.1 Å². The number of carbonyl (C=O) groups excluding carboxylic acids is 2. The molecular formula is C23H21N3O4S2. The van der Waals surface area contributed by atoms with E-state index >= 15 is 0 Å². The van der Waals surface area contributed by atoms with Gasteiger partial charge in [-0.15, -0.1) is 22.7 Å². The van der Waals surface area contributed by atoms with E-state index in [1.54, 1.807) is 18.4 Å². The Labute approximate surface area is 192 Å². The number of rotatable bonds is 6. The highest BCUT2D eigenvalue weighted by molar-refractivity contribution is 7.16. The molecule has 32 heavy (non-hydrogen) atoms. The number of benzene rings is 1. The maximum atomic E-state index is 13.4. The molecular weight excluding hydrogens is 446 g/mol. The van der Waals surface area contributed by atoms with Gasteiger partial charge < -0.3 is 10.1 Å². The third-order valence-corrected chi connectivity index (χ3v) is 6.80. The number of esters is 1. The molecule has 0 bridgehead atoms. The van der Waals surface area contributed by atoms with Crippen LogP contribution >= 0.6 is 22.7 Å². The second-order valence-corrected chi connectivity index (χ2v) is 9.12. The molecule has 164 valence electrons. The predicted octanol–water partition coefficient (Wildman–Crippen LogP) is 4.48. The van der Waals surface area contributed by atoms with E-state index in [1.807, 2.05) is 43.5 Å². The highest BCUT2D eigenvalue weighted by Gasteiger charge is 2.23. The van der Waals surface area contributed by atoms with Crippen LogP contribution in [-0.2, 0) is 16.0 Å². The van der Waals surface area contributed by atoms with Crippen LogP contribution in [0.4, 0.5) is 5.00 Å². The third kappa shape index (κ3) is 4.21. The van der Waals surface area contributed by atoms with Crippen LogP contribution < -0.4 is 10.9 Å². The fourth-order valence-corrected chi connectivity index (χ4v) is 4.92. The minimum absolute atomic E-state index is 0.0367. The summed E-state index contributed by atoms with van der Waals surface area (Å²) < 4.78 is 6.37. The Kier molecular flexibility index (Phi) is 6.20. The van der Waals surface area contributed by atoms with Crippen LogP contribution in [-0.4, -0.2) is 28.3 Å². The van der Waals surface area contributed by atoms with Gasteiger partial charge in [-0.2, -0.15) is 9.78 Å². The van der Waals surface area contributed by atoms with Crippen molar-refractivity contribution >= 4 is 50.3 Å². The zero-order valence-electron chi connectivity index (χ0n) is 17.8. The van der Waals surface area contributed by atoms with E-state index < -0.39 is 11.5 Å². The summed E-state index contributed by atoms with van der Waals surface area (Å²) in [7, 11) is 0. The van der Waals surface area contributed by atoms with Crippen molar-refractivity contribution in [3.63, 3.8) is 0 Å².